The Morgan fingerprint density at radius 3 is 2.60 bits per heavy atom. The van der Waals surface area contributed by atoms with E-state index in [2.05, 4.69) is 26.1 Å². The fourth-order valence-electron chi connectivity index (χ4n) is 1.46. The highest BCUT2D eigenvalue weighted by molar-refractivity contribution is 4.71. The highest BCUT2D eigenvalue weighted by atomic mass is 16.5. The van der Waals surface area contributed by atoms with E-state index in [1.165, 1.54) is 0 Å². The van der Waals surface area contributed by atoms with Crippen LogP contribution >= 0.6 is 0 Å². The zero-order valence-corrected chi connectivity index (χ0v) is 10.5. The minimum Gasteiger partial charge on any atom is -0.396 e. The monoisotopic (exact) mass is 217 g/mol. The van der Waals surface area contributed by atoms with Crippen molar-refractivity contribution in [3.63, 3.8) is 0 Å². The summed E-state index contributed by atoms with van der Waals surface area (Å²) in [5.41, 5.74) is 0.271. The van der Waals surface area contributed by atoms with E-state index >= 15 is 0 Å². The van der Waals surface area contributed by atoms with Crippen molar-refractivity contribution < 1.29 is 9.84 Å². The molecule has 0 bridgehead atoms. The van der Waals surface area contributed by atoms with Crippen LogP contribution < -0.4 is 5.32 Å². The second kappa shape index (κ2) is 9.13. The molecule has 0 unspecified atom stereocenters. The van der Waals surface area contributed by atoms with Crippen LogP contribution in [0.3, 0.4) is 0 Å². The standard InChI is InChI=1S/C12H27NO2/c1-4-9-15-10-7-13-11-12(2,3)6-5-8-14/h13-14H,4-11H2,1-3H3. The lowest BCUT2D eigenvalue weighted by atomic mass is 9.88. The van der Waals surface area contributed by atoms with Crippen LogP contribution in [0.5, 0.6) is 0 Å². The SMILES string of the molecule is CCCOCCNCC(C)(C)CCCO. The van der Waals surface area contributed by atoms with Gasteiger partial charge in [-0.25, -0.2) is 0 Å². The second-order valence-corrected chi connectivity index (χ2v) is 4.78. The zero-order chi connectivity index (χ0) is 11.6. The van der Waals surface area contributed by atoms with Gasteiger partial charge in [-0.3, -0.25) is 0 Å². The summed E-state index contributed by atoms with van der Waals surface area (Å²) in [6.45, 7) is 10.4. The summed E-state index contributed by atoms with van der Waals surface area (Å²) in [6.07, 6.45) is 3.04. The predicted molar refractivity (Wildman–Crippen MR) is 64.1 cm³/mol. The lowest BCUT2D eigenvalue weighted by Crippen LogP contribution is -2.31. The van der Waals surface area contributed by atoms with Gasteiger partial charge in [0, 0.05) is 26.3 Å². The first-order chi connectivity index (χ1) is 7.12. The summed E-state index contributed by atoms with van der Waals surface area (Å²) in [5, 5.41) is 12.1. The molecule has 0 saturated heterocycles. The molecule has 0 aliphatic rings. The highest BCUT2D eigenvalue weighted by Gasteiger charge is 2.16. The average Bonchev–Trinajstić information content (AvgIpc) is 2.20. The van der Waals surface area contributed by atoms with Gasteiger partial charge in [0.05, 0.1) is 6.61 Å². The number of ether oxygens (including phenoxy) is 1. The molecule has 0 aromatic heterocycles. The number of rotatable bonds is 10. The van der Waals surface area contributed by atoms with E-state index in [1.807, 2.05) is 0 Å². The number of aliphatic hydroxyl groups excluding tert-OH is 1. The van der Waals surface area contributed by atoms with Gasteiger partial charge in [-0.15, -0.1) is 0 Å². The Labute approximate surface area is 94.2 Å². The van der Waals surface area contributed by atoms with Crippen LogP contribution in [0.4, 0.5) is 0 Å². The molecule has 0 radical (unpaired) electrons. The molecule has 2 N–H and O–H groups in total. The van der Waals surface area contributed by atoms with Crippen molar-refractivity contribution in [1.82, 2.24) is 5.32 Å². The molecule has 3 nitrogen and oxygen atoms in total. The quantitative estimate of drug-likeness (QED) is 0.548. The molecule has 15 heavy (non-hydrogen) atoms. The number of hydrogen-bond donors (Lipinski definition) is 2. The summed E-state index contributed by atoms with van der Waals surface area (Å²) in [4.78, 5) is 0. The molecular weight excluding hydrogens is 190 g/mol. The molecule has 0 spiro atoms. The molecule has 0 amide bonds. The van der Waals surface area contributed by atoms with Gasteiger partial charge in [-0.1, -0.05) is 20.8 Å². The van der Waals surface area contributed by atoms with Crippen molar-refractivity contribution in [3.05, 3.63) is 0 Å². The van der Waals surface area contributed by atoms with Gasteiger partial charge in [-0.05, 0) is 24.7 Å². The van der Waals surface area contributed by atoms with Gasteiger partial charge < -0.3 is 15.2 Å². The van der Waals surface area contributed by atoms with Gasteiger partial charge in [0.2, 0.25) is 0 Å². The Bertz CT molecular complexity index is 138. The van der Waals surface area contributed by atoms with Crippen LogP contribution in [0, 0.1) is 5.41 Å². The molecule has 0 saturated carbocycles. The first kappa shape index (κ1) is 14.9. The van der Waals surface area contributed by atoms with E-state index in [-0.39, 0.29) is 5.41 Å². The molecule has 0 heterocycles. The highest BCUT2D eigenvalue weighted by Crippen LogP contribution is 2.20. The smallest absolute Gasteiger partial charge is 0.0590 e. The van der Waals surface area contributed by atoms with E-state index in [0.717, 1.165) is 45.6 Å². The van der Waals surface area contributed by atoms with Crippen LogP contribution in [0.1, 0.15) is 40.0 Å². The Morgan fingerprint density at radius 2 is 2.00 bits per heavy atom. The summed E-state index contributed by atoms with van der Waals surface area (Å²) in [5.74, 6) is 0. The van der Waals surface area contributed by atoms with Crippen molar-refractivity contribution in [2.75, 3.05) is 32.9 Å². The third-order valence-corrected chi connectivity index (χ3v) is 2.39. The van der Waals surface area contributed by atoms with Crippen molar-refractivity contribution in [2.24, 2.45) is 5.41 Å². The molecule has 0 aliphatic carbocycles. The van der Waals surface area contributed by atoms with E-state index in [0.29, 0.717) is 6.61 Å². The predicted octanol–water partition coefficient (Wildman–Crippen LogP) is 1.80. The first-order valence-electron chi connectivity index (χ1n) is 6.01. The topological polar surface area (TPSA) is 41.5 Å². The van der Waals surface area contributed by atoms with Gasteiger partial charge in [0.25, 0.3) is 0 Å². The Morgan fingerprint density at radius 1 is 1.27 bits per heavy atom. The van der Waals surface area contributed by atoms with Crippen LogP contribution in [-0.2, 0) is 4.74 Å². The summed E-state index contributed by atoms with van der Waals surface area (Å²) in [7, 11) is 0. The normalized spacial score (nSPS) is 12.0. The zero-order valence-electron chi connectivity index (χ0n) is 10.5. The van der Waals surface area contributed by atoms with Crippen molar-refractivity contribution in [3.8, 4) is 0 Å². The number of hydrogen-bond acceptors (Lipinski definition) is 3. The molecule has 0 fully saturated rings. The van der Waals surface area contributed by atoms with E-state index in [4.69, 9.17) is 9.84 Å². The Hall–Kier alpha value is -0.120. The number of aliphatic hydroxyl groups is 1. The van der Waals surface area contributed by atoms with E-state index in [9.17, 15) is 0 Å². The Kier molecular flexibility index (Phi) is 9.06. The molecule has 0 rings (SSSR count). The van der Waals surface area contributed by atoms with Crippen LogP contribution in [0.25, 0.3) is 0 Å². The Balaban J connectivity index is 3.32. The van der Waals surface area contributed by atoms with Crippen molar-refractivity contribution in [1.29, 1.82) is 0 Å². The molecule has 3 heteroatoms. The lowest BCUT2D eigenvalue weighted by Gasteiger charge is -2.24. The maximum atomic E-state index is 8.76. The largest absolute Gasteiger partial charge is 0.396 e. The molecule has 0 atom stereocenters. The molecular formula is C12H27NO2. The molecule has 0 aromatic rings. The fourth-order valence-corrected chi connectivity index (χ4v) is 1.46. The first-order valence-corrected chi connectivity index (χ1v) is 6.01. The third-order valence-electron chi connectivity index (χ3n) is 2.39. The lowest BCUT2D eigenvalue weighted by molar-refractivity contribution is 0.133. The minimum absolute atomic E-state index is 0.271. The average molecular weight is 217 g/mol. The van der Waals surface area contributed by atoms with Gasteiger partial charge >= 0.3 is 0 Å². The van der Waals surface area contributed by atoms with Crippen molar-refractivity contribution in [2.45, 2.75) is 40.0 Å². The summed E-state index contributed by atoms with van der Waals surface area (Å²) < 4.78 is 5.38. The van der Waals surface area contributed by atoms with E-state index in [1.54, 1.807) is 0 Å². The summed E-state index contributed by atoms with van der Waals surface area (Å²) >= 11 is 0. The fraction of sp³-hybridized carbons (Fsp3) is 1.00. The second-order valence-electron chi connectivity index (χ2n) is 4.78. The van der Waals surface area contributed by atoms with Gasteiger partial charge in [0.1, 0.15) is 0 Å². The molecule has 0 aliphatic heterocycles. The van der Waals surface area contributed by atoms with Crippen molar-refractivity contribution >= 4 is 0 Å². The van der Waals surface area contributed by atoms with Crippen LogP contribution in [-0.4, -0.2) is 38.0 Å². The van der Waals surface area contributed by atoms with E-state index < -0.39 is 0 Å². The maximum Gasteiger partial charge on any atom is 0.0590 e. The number of nitrogens with one attached hydrogen (secondary N) is 1. The van der Waals surface area contributed by atoms with Gasteiger partial charge in [0.15, 0.2) is 0 Å². The van der Waals surface area contributed by atoms with Gasteiger partial charge in [-0.2, -0.15) is 0 Å². The van der Waals surface area contributed by atoms with Crippen LogP contribution in [0.15, 0.2) is 0 Å². The molecule has 92 valence electrons. The molecule has 0 aromatic carbocycles. The third kappa shape index (κ3) is 10.2. The maximum absolute atomic E-state index is 8.76. The minimum atomic E-state index is 0.271. The van der Waals surface area contributed by atoms with Crippen LogP contribution in [0.2, 0.25) is 0 Å². The summed E-state index contributed by atoms with van der Waals surface area (Å²) in [6, 6.07) is 0.